The van der Waals surface area contributed by atoms with Gasteiger partial charge in [0.15, 0.2) is 23.3 Å². The molecule has 10 heteroatoms. The topological polar surface area (TPSA) is 82.0 Å². The Bertz CT molecular complexity index is 656. The second-order valence-corrected chi connectivity index (χ2v) is 3.23. The van der Waals surface area contributed by atoms with Crippen molar-refractivity contribution in [1.82, 2.24) is 10.1 Å². The van der Waals surface area contributed by atoms with E-state index in [4.69, 9.17) is 5.73 Å². The third-order valence-corrected chi connectivity index (χ3v) is 2.07. The van der Waals surface area contributed by atoms with Crippen LogP contribution in [0.3, 0.4) is 0 Å². The molecule has 0 fully saturated rings. The molecule has 2 aromatic rings. The van der Waals surface area contributed by atoms with Crippen molar-refractivity contribution >= 4 is 5.91 Å². The molecule has 0 bridgehead atoms. The fourth-order valence-electron chi connectivity index (χ4n) is 1.23. The highest BCUT2D eigenvalue weighted by molar-refractivity contribution is 5.88. The van der Waals surface area contributed by atoms with E-state index in [1.54, 1.807) is 0 Å². The van der Waals surface area contributed by atoms with Crippen LogP contribution in [0.15, 0.2) is 4.52 Å². The molecule has 0 unspecified atom stereocenters. The maximum absolute atomic E-state index is 13.3. The molecule has 19 heavy (non-hydrogen) atoms. The third kappa shape index (κ3) is 1.90. The van der Waals surface area contributed by atoms with Crippen molar-refractivity contribution in [1.29, 1.82) is 0 Å². The maximum Gasteiger partial charge on any atom is 0.316 e. The molecule has 0 saturated heterocycles. The summed E-state index contributed by atoms with van der Waals surface area (Å²) in [6, 6.07) is 0. The minimum absolute atomic E-state index is 0.834. The van der Waals surface area contributed by atoms with Crippen molar-refractivity contribution in [3.63, 3.8) is 0 Å². The van der Waals surface area contributed by atoms with Gasteiger partial charge in [0.2, 0.25) is 11.6 Å². The standard InChI is InChI=1S/C9H2F5N3O2/c10-2-1(3(11)5(13)6(14)4(2)12)8-16-9(7(15)18)19-17-8/h(H2,15,18). The molecule has 0 saturated carbocycles. The van der Waals surface area contributed by atoms with Crippen LogP contribution in [0, 0.1) is 29.1 Å². The number of primary amides is 1. The third-order valence-electron chi connectivity index (χ3n) is 2.07. The van der Waals surface area contributed by atoms with Crippen LogP contribution >= 0.6 is 0 Å². The molecular weight excluding hydrogens is 277 g/mol. The summed E-state index contributed by atoms with van der Waals surface area (Å²) >= 11 is 0. The molecule has 100 valence electrons. The van der Waals surface area contributed by atoms with Gasteiger partial charge >= 0.3 is 11.8 Å². The van der Waals surface area contributed by atoms with Crippen LogP contribution in [0.4, 0.5) is 22.0 Å². The highest BCUT2D eigenvalue weighted by atomic mass is 19.2. The van der Waals surface area contributed by atoms with Crippen LogP contribution < -0.4 is 5.73 Å². The second-order valence-electron chi connectivity index (χ2n) is 3.23. The molecule has 1 amide bonds. The summed E-state index contributed by atoms with van der Waals surface area (Å²) in [4.78, 5) is 13.8. The van der Waals surface area contributed by atoms with Crippen molar-refractivity contribution in [2.45, 2.75) is 0 Å². The van der Waals surface area contributed by atoms with Gasteiger partial charge in [-0.15, -0.1) is 0 Å². The Morgan fingerprint density at radius 2 is 1.42 bits per heavy atom. The smallest absolute Gasteiger partial charge is 0.316 e. The number of aromatic nitrogens is 2. The summed E-state index contributed by atoms with van der Waals surface area (Å²) in [7, 11) is 0. The number of nitrogens with two attached hydrogens (primary N) is 1. The lowest BCUT2D eigenvalue weighted by atomic mass is 10.1. The molecule has 1 aromatic heterocycles. The number of carbonyl (C=O) groups excluding carboxylic acids is 1. The lowest BCUT2D eigenvalue weighted by molar-refractivity contribution is 0.0958. The number of nitrogens with zero attached hydrogens (tertiary/aromatic N) is 2. The molecule has 2 rings (SSSR count). The van der Waals surface area contributed by atoms with Gasteiger partial charge < -0.3 is 10.3 Å². The second kappa shape index (κ2) is 4.30. The Hall–Kier alpha value is -2.52. The Balaban J connectivity index is 2.71. The van der Waals surface area contributed by atoms with Crippen molar-refractivity contribution in [3.8, 4) is 11.4 Å². The van der Waals surface area contributed by atoms with E-state index in [9.17, 15) is 26.7 Å². The zero-order valence-electron chi connectivity index (χ0n) is 8.68. The predicted octanol–water partition coefficient (Wildman–Crippen LogP) is 1.53. The zero-order valence-corrected chi connectivity index (χ0v) is 8.68. The molecule has 1 aromatic carbocycles. The molecule has 0 aliphatic heterocycles. The highest BCUT2D eigenvalue weighted by Gasteiger charge is 2.29. The largest absolute Gasteiger partial charge is 0.361 e. The highest BCUT2D eigenvalue weighted by Crippen LogP contribution is 2.29. The van der Waals surface area contributed by atoms with Gasteiger partial charge in [0.1, 0.15) is 5.56 Å². The van der Waals surface area contributed by atoms with E-state index in [2.05, 4.69) is 14.7 Å². The normalized spacial score (nSPS) is 10.8. The van der Waals surface area contributed by atoms with Gasteiger partial charge in [-0.3, -0.25) is 4.79 Å². The van der Waals surface area contributed by atoms with Crippen molar-refractivity contribution < 1.29 is 31.3 Å². The van der Waals surface area contributed by atoms with Crippen molar-refractivity contribution in [2.24, 2.45) is 5.73 Å². The maximum atomic E-state index is 13.3. The van der Waals surface area contributed by atoms with Crippen LogP contribution in [0.25, 0.3) is 11.4 Å². The van der Waals surface area contributed by atoms with E-state index >= 15 is 0 Å². The molecule has 1 heterocycles. The first-order valence-electron chi connectivity index (χ1n) is 4.50. The average Bonchev–Trinajstić information content (AvgIpc) is 2.84. The van der Waals surface area contributed by atoms with Crippen LogP contribution in [-0.4, -0.2) is 16.0 Å². The first-order valence-corrected chi connectivity index (χ1v) is 4.50. The van der Waals surface area contributed by atoms with Crippen LogP contribution in [0.5, 0.6) is 0 Å². The summed E-state index contributed by atoms with van der Waals surface area (Å²) in [6.07, 6.45) is 0. The number of carbonyl (C=O) groups is 1. The van der Waals surface area contributed by atoms with Gasteiger partial charge in [0.05, 0.1) is 0 Å². The Kier molecular flexibility index (Phi) is 2.92. The molecular formula is C9H2F5N3O2. The predicted molar refractivity (Wildman–Crippen MR) is 48.0 cm³/mol. The van der Waals surface area contributed by atoms with E-state index in [1.165, 1.54) is 0 Å². The Morgan fingerprint density at radius 3 is 1.84 bits per heavy atom. The molecule has 5 nitrogen and oxygen atoms in total. The number of halogens is 5. The minimum Gasteiger partial charge on any atom is -0.361 e. The minimum atomic E-state index is -2.32. The van der Waals surface area contributed by atoms with Gasteiger partial charge in [-0.25, -0.2) is 22.0 Å². The molecule has 0 spiro atoms. The fourth-order valence-corrected chi connectivity index (χ4v) is 1.23. The summed E-state index contributed by atoms with van der Waals surface area (Å²) < 4.78 is 69.5. The quantitative estimate of drug-likeness (QED) is 0.513. The Labute approximate surface area is 100 Å². The summed E-state index contributed by atoms with van der Waals surface area (Å²) in [6.45, 7) is 0. The number of amides is 1. The zero-order chi connectivity index (χ0) is 14.3. The van der Waals surface area contributed by atoms with Gasteiger partial charge in [-0.2, -0.15) is 4.98 Å². The average molecular weight is 279 g/mol. The lowest BCUT2D eigenvalue weighted by Crippen LogP contribution is -2.11. The summed E-state index contributed by atoms with van der Waals surface area (Å²) in [5, 5.41) is 2.92. The van der Waals surface area contributed by atoms with Gasteiger partial charge in [-0.1, -0.05) is 5.16 Å². The van der Waals surface area contributed by atoms with Gasteiger partial charge in [0.25, 0.3) is 0 Å². The summed E-state index contributed by atoms with van der Waals surface area (Å²) in [5.41, 5.74) is 3.32. The van der Waals surface area contributed by atoms with Gasteiger partial charge in [-0.05, 0) is 0 Å². The number of hydrogen-bond acceptors (Lipinski definition) is 4. The molecule has 0 atom stereocenters. The van der Waals surface area contributed by atoms with Gasteiger partial charge in [0, 0.05) is 0 Å². The summed E-state index contributed by atoms with van der Waals surface area (Å²) in [5.74, 6) is -14.0. The van der Waals surface area contributed by atoms with E-state index in [1.807, 2.05) is 0 Å². The monoisotopic (exact) mass is 279 g/mol. The van der Waals surface area contributed by atoms with Crippen LogP contribution in [-0.2, 0) is 0 Å². The van der Waals surface area contributed by atoms with Crippen molar-refractivity contribution in [2.75, 3.05) is 0 Å². The fraction of sp³-hybridized carbons (Fsp3) is 0. The van der Waals surface area contributed by atoms with E-state index in [0.29, 0.717) is 0 Å². The first kappa shape index (κ1) is 12.9. The van der Waals surface area contributed by atoms with Crippen molar-refractivity contribution in [3.05, 3.63) is 35.0 Å². The Morgan fingerprint density at radius 1 is 0.947 bits per heavy atom. The SMILES string of the molecule is NC(=O)c1nc(-c2c(F)c(F)c(F)c(F)c2F)no1. The van der Waals surface area contributed by atoms with E-state index < -0.39 is 52.3 Å². The number of benzene rings is 1. The van der Waals surface area contributed by atoms with E-state index in [-0.39, 0.29) is 0 Å². The lowest BCUT2D eigenvalue weighted by Gasteiger charge is -2.03. The van der Waals surface area contributed by atoms with Crippen LogP contribution in [0.2, 0.25) is 0 Å². The number of rotatable bonds is 2. The number of hydrogen-bond donors (Lipinski definition) is 1. The molecule has 0 aliphatic carbocycles. The molecule has 0 radical (unpaired) electrons. The molecule has 0 aliphatic rings. The van der Waals surface area contributed by atoms with Crippen LogP contribution in [0.1, 0.15) is 10.7 Å². The van der Waals surface area contributed by atoms with E-state index in [0.717, 1.165) is 0 Å². The molecule has 2 N–H and O–H groups in total. The first-order chi connectivity index (χ1) is 8.84.